The van der Waals surface area contributed by atoms with Gasteiger partial charge in [0.15, 0.2) is 0 Å². The Bertz CT molecular complexity index is 459. The summed E-state index contributed by atoms with van der Waals surface area (Å²) in [6.45, 7) is 1.49. The van der Waals surface area contributed by atoms with Gasteiger partial charge in [0.05, 0.1) is 7.11 Å². The summed E-state index contributed by atoms with van der Waals surface area (Å²) in [4.78, 5) is 23.9. The molecule has 1 atom stereocenters. The largest absolute Gasteiger partial charge is 0.496 e. The molecule has 19 heavy (non-hydrogen) atoms. The van der Waals surface area contributed by atoms with E-state index in [0.29, 0.717) is 6.42 Å². The molecule has 0 fully saturated rings. The van der Waals surface area contributed by atoms with Crippen LogP contribution in [0.2, 0.25) is 0 Å². The number of carbonyl (C=O) groups is 2. The maximum Gasteiger partial charge on any atom is 0.326 e. The van der Waals surface area contributed by atoms with Crippen LogP contribution in [-0.2, 0) is 16.0 Å². The highest BCUT2D eigenvalue weighted by atomic mass is 16.5. The predicted octanol–water partition coefficient (Wildman–Crippen LogP) is 1.56. The van der Waals surface area contributed by atoms with E-state index in [0.717, 1.165) is 11.3 Å². The van der Waals surface area contributed by atoms with Gasteiger partial charge in [0.25, 0.3) is 0 Å². The Labute approximate surface area is 112 Å². The number of benzene rings is 1. The normalized spacial score (nSPS) is 11.7. The number of para-hydroxylation sites is 1. The number of likely N-dealkylation sites (N-methyl/N-ethyl adjacent to an activating group) is 1. The minimum Gasteiger partial charge on any atom is -0.496 e. The van der Waals surface area contributed by atoms with Crippen LogP contribution in [0.4, 0.5) is 0 Å². The fourth-order valence-corrected chi connectivity index (χ4v) is 1.71. The molecule has 0 bridgehead atoms. The first-order valence-corrected chi connectivity index (χ1v) is 6.07. The quantitative estimate of drug-likeness (QED) is 0.847. The number of methoxy groups -OCH3 is 1. The van der Waals surface area contributed by atoms with Crippen molar-refractivity contribution in [3.63, 3.8) is 0 Å². The van der Waals surface area contributed by atoms with Gasteiger partial charge in [-0.25, -0.2) is 4.79 Å². The Morgan fingerprint density at radius 1 is 1.37 bits per heavy atom. The van der Waals surface area contributed by atoms with E-state index in [4.69, 9.17) is 9.84 Å². The highest BCUT2D eigenvalue weighted by Gasteiger charge is 2.21. The van der Waals surface area contributed by atoms with Gasteiger partial charge in [-0.05, 0) is 25.0 Å². The van der Waals surface area contributed by atoms with Crippen molar-refractivity contribution < 1.29 is 19.4 Å². The van der Waals surface area contributed by atoms with Gasteiger partial charge in [-0.3, -0.25) is 4.79 Å². The Hall–Kier alpha value is -2.04. The van der Waals surface area contributed by atoms with Crippen molar-refractivity contribution in [2.45, 2.75) is 25.8 Å². The molecule has 0 aliphatic heterocycles. The lowest BCUT2D eigenvalue weighted by molar-refractivity contribution is -0.148. The summed E-state index contributed by atoms with van der Waals surface area (Å²) in [5, 5.41) is 8.85. The number of aliphatic carboxylic acids is 1. The van der Waals surface area contributed by atoms with E-state index in [-0.39, 0.29) is 12.3 Å². The zero-order valence-electron chi connectivity index (χ0n) is 11.4. The summed E-state index contributed by atoms with van der Waals surface area (Å²) in [7, 11) is 3.09. The van der Waals surface area contributed by atoms with Crippen molar-refractivity contribution in [2.75, 3.05) is 14.2 Å². The zero-order chi connectivity index (χ0) is 14.4. The number of carbonyl (C=O) groups excluding carboxylic acids is 1. The van der Waals surface area contributed by atoms with Crippen molar-refractivity contribution in [1.29, 1.82) is 0 Å². The van der Waals surface area contributed by atoms with E-state index in [9.17, 15) is 9.59 Å². The molecule has 1 unspecified atom stereocenters. The van der Waals surface area contributed by atoms with Gasteiger partial charge in [0.2, 0.25) is 5.91 Å². The summed E-state index contributed by atoms with van der Waals surface area (Å²) in [5.74, 6) is -0.460. The molecule has 5 heteroatoms. The van der Waals surface area contributed by atoms with Gasteiger partial charge >= 0.3 is 5.97 Å². The Morgan fingerprint density at radius 2 is 2.00 bits per heavy atom. The second-order valence-corrected chi connectivity index (χ2v) is 4.33. The zero-order valence-corrected chi connectivity index (χ0v) is 11.4. The van der Waals surface area contributed by atoms with E-state index in [1.807, 2.05) is 24.3 Å². The Morgan fingerprint density at radius 3 is 2.58 bits per heavy atom. The average Bonchev–Trinajstić information content (AvgIpc) is 2.43. The van der Waals surface area contributed by atoms with Crippen LogP contribution in [0.25, 0.3) is 0 Å². The summed E-state index contributed by atoms with van der Waals surface area (Å²) >= 11 is 0. The van der Waals surface area contributed by atoms with Crippen LogP contribution in [0.5, 0.6) is 5.75 Å². The van der Waals surface area contributed by atoms with Crippen LogP contribution < -0.4 is 4.74 Å². The lowest BCUT2D eigenvalue weighted by Crippen LogP contribution is -2.40. The van der Waals surface area contributed by atoms with Crippen LogP contribution in [-0.4, -0.2) is 42.1 Å². The topological polar surface area (TPSA) is 66.8 Å². The standard InChI is InChI=1S/C14H19NO4/c1-10(14(17)18)15(2)13(16)9-8-11-6-4-5-7-12(11)19-3/h4-7,10H,8-9H2,1-3H3,(H,17,18). The number of hydrogen-bond acceptors (Lipinski definition) is 3. The fourth-order valence-electron chi connectivity index (χ4n) is 1.71. The third kappa shape index (κ3) is 3.98. The third-order valence-electron chi connectivity index (χ3n) is 3.13. The van der Waals surface area contributed by atoms with Crippen molar-refractivity contribution in [3.8, 4) is 5.75 Å². The summed E-state index contributed by atoms with van der Waals surface area (Å²) in [5.41, 5.74) is 0.940. The first-order chi connectivity index (χ1) is 8.97. The molecular formula is C14H19NO4. The van der Waals surface area contributed by atoms with E-state index < -0.39 is 12.0 Å². The summed E-state index contributed by atoms with van der Waals surface area (Å²) in [6, 6.07) is 6.66. The lowest BCUT2D eigenvalue weighted by Gasteiger charge is -2.21. The maximum absolute atomic E-state index is 11.9. The van der Waals surface area contributed by atoms with Crippen molar-refractivity contribution >= 4 is 11.9 Å². The molecule has 1 N–H and O–H groups in total. The van der Waals surface area contributed by atoms with E-state index in [1.165, 1.54) is 18.9 Å². The number of carboxylic acid groups (broad SMARTS) is 1. The van der Waals surface area contributed by atoms with Gasteiger partial charge in [0.1, 0.15) is 11.8 Å². The maximum atomic E-state index is 11.9. The molecule has 0 aliphatic carbocycles. The first kappa shape index (κ1) is 15.0. The van der Waals surface area contributed by atoms with Gasteiger partial charge in [-0.1, -0.05) is 18.2 Å². The SMILES string of the molecule is COc1ccccc1CCC(=O)N(C)C(C)C(=O)O. The Balaban J connectivity index is 2.61. The van der Waals surface area contributed by atoms with E-state index in [2.05, 4.69) is 0 Å². The molecule has 0 aliphatic rings. The van der Waals surface area contributed by atoms with Gasteiger partial charge in [-0.15, -0.1) is 0 Å². The molecule has 1 aromatic carbocycles. The molecule has 0 saturated carbocycles. The molecule has 1 aromatic rings. The minimum atomic E-state index is -1.01. The minimum absolute atomic E-state index is 0.194. The number of hydrogen-bond donors (Lipinski definition) is 1. The molecular weight excluding hydrogens is 246 g/mol. The number of carboxylic acids is 1. The number of ether oxygens (including phenoxy) is 1. The average molecular weight is 265 g/mol. The molecule has 0 radical (unpaired) electrons. The second kappa shape index (κ2) is 6.78. The van der Waals surface area contributed by atoms with Gasteiger partial charge in [-0.2, -0.15) is 0 Å². The van der Waals surface area contributed by atoms with Crippen molar-refractivity contribution in [3.05, 3.63) is 29.8 Å². The second-order valence-electron chi connectivity index (χ2n) is 4.33. The van der Waals surface area contributed by atoms with E-state index >= 15 is 0 Å². The molecule has 0 aromatic heterocycles. The monoisotopic (exact) mass is 265 g/mol. The van der Waals surface area contributed by atoms with Crippen molar-refractivity contribution in [1.82, 2.24) is 4.90 Å². The smallest absolute Gasteiger partial charge is 0.326 e. The molecule has 0 saturated heterocycles. The van der Waals surface area contributed by atoms with Crippen LogP contribution in [0.1, 0.15) is 18.9 Å². The van der Waals surface area contributed by atoms with Crippen LogP contribution >= 0.6 is 0 Å². The van der Waals surface area contributed by atoms with E-state index in [1.54, 1.807) is 7.11 Å². The number of aryl methyl sites for hydroxylation is 1. The van der Waals surface area contributed by atoms with Gasteiger partial charge < -0.3 is 14.7 Å². The van der Waals surface area contributed by atoms with Gasteiger partial charge in [0, 0.05) is 13.5 Å². The molecule has 1 amide bonds. The predicted molar refractivity (Wildman–Crippen MR) is 71.2 cm³/mol. The highest BCUT2D eigenvalue weighted by Crippen LogP contribution is 2.19. The number of rotatable bonds is 6. The van der Waals surface area contributed by atoms with Crippen LogP contribution in [0.3, 0.4) is 0 Å². The van der Waals surface area contributed by atoms with Crippen LogP contribution in [0, 0.1) is 0 Å². The first-order valence-electron chi connectivity index (χ1n) is 6.07. The molecule has 104 valence electrons. The molecule has 0 heterocycles. The molecule has 5 nitrogen and oxygen atoms in total. The molecule has 0 spiro atoms. The lowest BCUT2D eigenvalue weighted by atomic mass is 10.1. The van der Waals surface area contributed by atoms with Crippen molar-refractivity contribution in [2.24, 2.45) is 0 Å². The number of nitrogens with zero attached hydrogens (tertiary/aromatic N) is 1. The summed E-state index contributed by atoms with van der Waals surface area (Å²) in [6.07, 6.45) is 0.786. The fraction of sp³-hybridized carbons (Fsp3) is 0.429. The number of amides is 1. The highest BCUT2D eigenvalue weighted by molar-refractivity contribution is 5.83. The van der Waals surface area contributed by atoms with Crippen LogP contribution in [0.15, 0.2) is 24.3 Å². The Kier molecular flexibility index (Phi) is 5.36. The third-order valence-corrected chi connectivity index (χ3v) is 3.13. The summed E-state index contributed by atoms with van der Waals surface area (Å²) < 4.78 is 5.20. The molecule has 1 rings (SSSR count).